The number of piperidine rings is 1. The lowest BCUT2D eigenvalue weighted by Crippen LogP contribution is -2.39. The van der Waals surface area contributed by atoms with Crippen molar-refractivity contribution in [3.05, 3.63) is 35.9 Å². The lowest BCUT2D eigenvalue weighted by atomic mass is 9.92. The van der Waals surface area contributed by atoms with Crippen molar-refractivity contribution in [2.45, 2.75) is 71.0 Å². The lowest BCUT2D eigenvalue weighted by molar-refractivity contribution is 0.126. The van der Waals surface area contributed by atoms with Crippen LogP contribution in [0.2, 0.25) is 0 Å². The molecule has 0 spiro atoms. The summed E-state index contributed by atoms with van der Waals surface area (Å²) in [6, 6.07) is 4.88. The van der Waals surface area contributed by atoms with Gasteiger partial charge in [-0.3, -0.25) is 14.7 Å². The molecule has 1 saturated heterocycles. The molecule has 1 atom stereocenters. The summed E-state index contributed by atoms with van der Waals surface area (Å²) in [6.07, 6.45) is 9.02. The van der Waals surface area contributed by atoms with Crippen molar-refractivity contribution in [1.29, 1.82) is 0 Å². The summed E-state index contributed by atoms with van der Waals surface area (Å²) in [5.41, 5.74) is 2.49. The van der Waals surface area contributed by atoms with Crippen LogP contribution in [0.25, 0.3) is 0 Å². The molecule has 1 aliphatic heterocycles. The Balaban J connectivity index is 1.61. The van der Waals surface area contributed by atoms with Gasteiger partial charge in [0.05, 0.1) is 5.69 Å². The van der Waals surface area contributed by atoms with Crippen LogP contribution in [0.15, 0.2) is 24.5 Å². The lowest BCUT2D eigenvalue weighted by Gasteiger charge is -2.35. The topological polar surface area (TPSA) is 49.7 Å². The van der Waals surface area contributed by atoms with E-state index >= 15 is 0 Å². The largest absolute Gasteiger partial charge is 0.295 e. The number of hydrogen-bond donors (Lipinski definition) is 1. The summed E-state index contributed by atoms with van der Waals surface area (Å²) in [4.78, 5) is 2.62. The van der Waals surface area contributed by atoms with Gasteiger partial charge in [0.1, 0.15) is 0 Å². The molecule has 2 aromatic heterocycles. The molecule has 1 N–H and O–H groups in total. The van der Waals surface area contributed by atoms with Crippen LogP contribution in [0.3, 0.4) is 0 Å². The number of H-pyrrole nitrogens is 1. The van der Waals surface area contributed by atoms with Crippen LogP contribution >= 0.6 is 0 Å². The third kappa shape index (κ3) is 4.22. The molecule has 5 nitrogen and oxygen atoms in total. The Hall–Kier alpha value is -1.62. The molecule has 3 heterocycles. The number of nitrogens with zero attached hydrogens (tertiary/aromatic N) is 4. The summed E-state index contributed by atoms with van der Waals surface area (Å²) in [7, 11) is 0. The van der Waals surface area contributed by atoms with E-state index in [1.165, 1.54) is 37.9 Å². The second kappa shape index (κ2) is 6.87. The first-order chi connectivity index (χ1) is 11.0. The van der Waals surface area contributed by atoms with E-state index in [2.05, 4.69) is 53.2 Å². The van der Waals surface area contributed by atoms with E-state index in [0.29, 0.717) is 6.04 Å². The molecule has 0 unspecified atom stereocenters. The number of aryl methyl sites for hydroxylation is 1. The van der Waals surface area contributed by atoms with Crippen molar-refractivity contribution >= 4 is 0 Å². The van der Waals surface area contributed by atoms with E-state index in [9.17, 15) is 0 Å². The maximum atomic E-state index is 4.50. The van der Waals surface area contributed by atoms with Crippen molar-refractivity contribution in [1.82, 2.24) is 24.9 Å². The van der Waals surface area contributed by atoms with Gasteiger partial charge in [-0.25, -0.2) is 0 Å². The monoisotopic (exact) mass is 315 g/mol. The molecule has 23 heavy (non-hydrogen) atoms. The van der Waals surface area contributed by atoms with Gasteiger partial charge in [-0.05, 0) is 37.9 Å². The van der Waals surface area contributed by atoms with E-state index in [1.807, 2.05) is 16.9 Å². The first-order valence-corrected chi connectivity index (χ1v) is 8.78. The van der Waals surface area contributed by atoms with Crippen LogP contribution in [0.5, 0.6) is 0 Å². The first-order valence-electron chi connectivity index (χ1n) is 8.78. The summed E-state index contributed by atoms with van der Waals surface area (Å²) in [5, 5.41) is 12.1. The Kier molecular flexibility index (Phi) is 4.85. The van der Waals surface area contributed by atoms with Gasteiger partial charge in [0.15, 0.2) is 0 Å². The quantitative estimate of drug-likeness (QED) is 0.920. The maximum Gasteiger partial charge on any atom is 0.0678 e. The Labute approximate surface area is 139 Å². The van der Waals surface area contributed by atoms with Gasteiger partial charge in [0, 0.05) is 42.6 Å². The second-order valence-corrected chi connectivity index (χ2v) is 7.71. The van der Waals surface area contributed by atoms with Crippen LogP contribution < -0.4 is 0 Å². The predicted octanol–water partition coefficient (Wildman–Crippen LogP) is 3.35. The zero-order chi connectivity index (χ0) is 16.3. The minimum atomic E-state index is 0.107. The number of aromatic amines is 1. The highest BCUT2D eigenvalue weighted by molar-refractivity contribution is 5.16. The first kappa shape index (κ1) is 16.2. The highest BCUT2D eigenvalue weighted by Crippen LogP contribution is 2.24. The van der Waals surface area contributed by atoms with Crippen LogP contribution in [-0.4, -0.2) is 37.5 Å². The molecule has 2 aromatic rings. The highest BCUT2D eigenvalue weighted by Gasteiger charge is 2.24. The minimum Gasteiger partial charge on any atom is -0.295 e. The highest BCUT2D eigenvalue weighted by atomic mass is 15.3. The molecule has 0 saturated carbocycles. The summed E-state index contributed by atoms with van der Waals surface area (Å²) >= 11 is 0. The van der Waals surface area contributed by atoms with E-state index < -0.39 is 0 Å². The Morgan fingerprint density at radius 2 is 2.17 bits per heavy atom. The molecule has 1 aliphatic rings. The van der Waals surface area contributed by atoms with Gasteiger partial charge < -0.3 is 0 Å². The zero-order valence-corrected chi connectivity index (χ0v) is 14.6. The van der Waals surface area contributed by atoms with Gasteiger partial charge in [-0.1, -0.05) is 27.2 Å². The molecule has 0 aromatic carbocycles. The summed E-state index contributed by atoms with van der Waals surface area (Å²) in [5.74, 6) is 0. The van der Waals surface area contributed by atoms with E-state index in [4.69, 9.17) is 0 Å². The second-order valence-electron chi connectivity index (χ2n) is 7.71. The number of rotatable bonds is 5. The minimum absolute atomic E-state index is 0.107. The average Bonchev–Trinajstić information content (AvgIpc) is 3.17. The van der Waals surface area contributed by atoms with Crippen molar-refractivity contribution < 1.29 is 0 Å². The maximum absolute atomic E-state index is 4.50. The SMILES string of the molecule is CC(C)(C)c1cc(CN2CCCC[C@@H]2CCn2cccn2)[nH]n1. The number of aromatic nitrogens is 4. The van der Waals surface area contributed by atoms with E-state index in [-0.39, 0.29) is 5.41 Å². The summed E-state index contributed by atoms with van der Waals surface area (Å²) < 4.78 is 2.04. The fraction of sp³-hybridized carbons (Fsp3) is 0.667. The molecule has 0 amide bonds. The van der Waals surface area contributed by atoms with Crippen LogP contribution in [0.4, 0.5) is 0 Å². The van der Waals surface area contributed by atoms with Crippen molar-refractivity contribution in [3.63, 3.8) is 0 Å². The molecule has 1 fully saturated rings. The van der Waals surface area contributed by atoms with E-state index in [1.54, 1.807) is 0 Å². The average molecular weight is 315 g/mol. The molecule has 0 aliphatic carbocycles. The molecule has 0 bridgehead atoms. The third-order valence-corrected chi connectivity index (χ3v) is 4.77. The van der Waals surface area contributed by atoms with Crippen molar-refractivity contribution in [2.24, 2.45) is 0 Å². The van der Waals surface area contributed by atoms with Gasteiger partial charge in [0.2, 0.25) is 0 Å². The third-order valence-electron chi connectivity index (χ3n) is 4.77. The molecular weight excluding hydrogens is 286 g/mol. The van der Waals surface area contributed by atoms with Crippen LogP contribution in [0, 0.1) is 0 Å². The van der Waals surface area contributed by atoms with Gasteiger partial charge in [-0.15, -0.1) is 0 Å². The van der Waals surface area contributed by atoms with Gasteiger partial charge >= 0.3 is 0 Å². The smallest absolute Gasteiger partial charge is 0.0678 e. The fourth-order valence-electron chi connectivity index (χ4n) is 3.35. The number of likely N-dealkylation sites (tertiary alicyclic amines) is 1. The Morgan fingerprint density at radius 3 is 2.87 bits per heavy atom. The fourth-order valence-corrected chi connectivity index (χ4v) is 3.35. The Morgan fingerprint density at radius 1 is 1.30 bits per heavy atom. The zero-order valence-electron chi connectivity index (χ0n) is 14.6. The molecule has 3 rings (SSSR count). The van der Waals surface area contributed by atoms with Crippen LogP contribution in [0.1, 0.15) is 57.8 Å². The predicted molar refractivity (Wildman–Crippen MR) is 92.2 cm³/mol. The molecular formula is C18H29N5. The van der Waals surface area contributed by atoms with Crippen LogP contribution in [-0.2, 0) is 18.5 Å². The summed E-state index contributed by atoms with van der Waals surface area (Å²) in [6.45, 7) is 9.80. The molecule has 0 radical (unpaired) electrons. The van der Waals surface area contributed by atoms with Crippen molar-refractivity contribution in [3.8, 4) is 0 Å². The van der Waals surface area contributed by atoms with E-state index in [0.717, 1.165) is 18.8 Å². The standard InChI is InChI=1S/C18H29N5/c1-18(2,3)17-13-15(20-21-17)14-22-10-5-4-7-16(22)8-12-23-11-6-9-19-23/h6,9,11,13,16H,4-5,7-8,10,12,14H2,1-3H3,(H,20,21)/t16-/m1/s1. The number of hydrogen-bond acceptors (Lipinski definition) is 3. The van der Waals surface area contributed by atoms with Gasteiger partial charge in [-0.2, -0.15) is 10.2 Å². The Bertz CT molecular complexity index is 593. The molecule has 126 valence electrons. The number of nitrogens with one attached hydrogen (secondary N) is 1. The van der Waals surface area contributed by atoms with Crippen molar-refractivity contribution in [2.75, 3.05) is 6.54 Å². The molecule has 5 heteroatoms. The normalized spacial score (nSPS) is 20.0. The van der Waals surface area contributed by atoms with Gasteiger partial charge in [0.25, 0.3) is 0 Å².